The Balaban J connectivity index is 1.75. The van der Waals surface area contributed by atoms with E-state index >= 15 is 0 Å². The zero-order valence-corrected chi connectivity index (χ0v) is 14.9. The fourth-order valence-corrected chi connectivity index (χ4v) is 2.88. The van der Waals surface area contributed by atoms with Crippen molar-refractivity contribution in [3.63, 3.8) is 0 Å². The van der Waals surface area contributed by atoms with Gasteiger partial charge in [0.1, 0.15) is 0 Å². The summed E-state index contributed by atoms with van der Waals surface area (Å²) in [5.74, 6) is -0.601. The summed E-state index contributed by atoms with van der Waals surface area (Å²) in [5.41, 5.74) is 3.53. The molecule has 1 saturated heterocycles. The van der Waals surface area contributed by atoms with Crippen molar-refractivity contribution in [1.82, 2.24) is 15.4 Å². The van der Waals surface area contributed by atoms with Crippen LogP contribution in [0.3, 0.4) is 0 Å². The second kappa shape index (κ2) is 9.22. The van der Waals surface area contributed by atoms with Crippen LogP contribution in [0.15, 0.2) is 48.8 Å². The number of anilines is 1. The van der Waals surface area contributed by atoms with E-state index in [1.165, 1.54) is 0 Å². The maximum absolute atomic E-state index is 13.0. The van der Waals surface area contributed by atoms with E-state index < -0.39 is 5.91 Å². The number of hydroxylamine groups is 1. The zero-order valence-electron chi connectivity index (χ0n) is 14.9. The molecule has 0 bridgehead atoms. The normalized spacial score (nSPS) is 14.6. The highest BCUT2D eigenvalue weighted by Gasteiger charge is 2.21. The standard InChI is InChI=1S/C19H22N4O4/c24-18(14-22-8-10-27-11-9-22)23(17-2-1-7-20-12-17)13-15-3-5-16(6-4-15)19(25)21-26/h1-7,12,26H,8-11,13-14H2,(H,21,25). The Hall–Kier alpha value is -2.81. The summed E-state index contributed by atoms with van der Waals surface area (Å²) >= 11 is 0. The highest BCUT2D eigenvalue weighted by molar-refractivity contribution is 5.95. The molecule has 0 unspecified atom stereocenters. The Labute approximate surface area is 157 Å². The third-order valence-electron chi connectivity index (χ3n) is 4.38. The molecule has 142 valence electrons. The molecule has 2 heterocycles. The van der Waals surface area contributed by atoms with Crippen LogP contribution in [0.5, 0.6) is 0 Å². The molecule has 0 spiro atoms. The number of aromatic nitrogens is 1. The van der Waals surface area contributed by atoms with E-state index in [4.69, 9.17) is 9.94 Å². The Morgan fingerprint density at radius 2 is 1.93 bits per heavy atom. The summed E-state index contributed by atoms with van der Waals surface area (Å²) in [7, 11) is 0. The fourth-order valence-electron chi connectivity index (χ4n) is 2.88. The molecule has 8 nitrogen and oxygen atoms in total. The Bertz CT molecular complexity index is 761. The van der Waals surface area contributed by atoms with Gasteiger partial charge in [0.15, 0.2) is 0 Å². The Kier molecular flexibility index (Phi) is 6.48. The van der Waals surface area contributed by atoms with Crippen molar-refractivity contribution >= 4 is 17.5 Å². The van der Waals surface area contributed by atoms with Gasteiger partial charge in [0.25, 0.3) is 5.91 Å². The maximum Gasteiger partial charge on any atom is 0.274 e. The van der Waals surface area contributed by atoms with Crippen LogP contribution in [0.2, 0.25) is 0 Å². The quantitative estimate of drug-likeness (QED) is 0.583. The van der Waals surface area contributed by atoms with Crippen molar-refractivity contribution in [1.29, 1.82) is 0 Å². The van der Waals surface area contributed by atoms with Crippen LogP contribution in [0.4, 0.5) is 5.69 Å². The lowest BCUT2D eigenvalue weighted by Crippen LogP contribution is -2.44. The maximum atomic E-state index is 13.0. The van der Waals surface area contributed by atoms with E-state index in [1.54, 1.807) is 53.1 Å². The molecular weight excluding hydrogens is 348 g/mol. The number of ether oxygens (including phenoxy) is 1. The number of benzene rings is 1. The minimum absolute atomic E-state index is 0.0259. The van der Waals surface area contributed by atoms with Gasteiger partial charge in [-0.2, -0.15) is 0 Å². The van der Waals surface area contributed by atoms with Crippen molar-refractivity contribution in [3.8, 4) is 0 Å². The summed E-state index contributed by atoms with van der Waals surface area (Å²) in [5, 5.41) is 8.71. The van der Waals surface area contributed by atoms with Gasteiger partial charge in [-0.1, -0.05) is 12.1 Å². The zero-order chi connectivity index (χ0) is 19.1. The summed E-state index contributed by atoms with van der Waals surface area (Å²) in [6.07, 6.45) is 3.32. The molecule has 2 aromatic rings. The van der Waals surface area contributed by atoms with Crippen LogP contribution < -0.4 is 10.4 Å². The number of carbonyl (C=O) groups excluding carboxylic acids is 2. The smallest absolute Gasteiger partial charge is 0.274 e. The predicted molar refractivity (Wildman–Crippen MR) is 98.4 cm³/mol. The number of hydrogen-bond acceptors (Lipinski definition) is 6. The first-order valence-corrected chi connectivity index (χ1v) is 8.71. The molecule has 0 aliphatic carbocycles. The topological polar surface area (TPSA) is 95.0 Å². The van der Waals surface area contributed by atoms with Crippen LogP contribution in [0, 0.1) is 0 Å². The first-order valence-electron chi connectivity index (χ1n) is 8.71. The molecule has 1 aromatic carbocycles. The van der Waals surface area contributed by atoms with Crippen LogP contribution in [-0.2, 0) is 16.1 Å². The van der Waals surface area contributed by atoms with Gasteiger partial charge in [-0.3, -0.25) is 24.7 Å². The molecule has 1 fully saturated rings. The molecule has 1 aliphatic rings. The number of nitrogens with one attached hydrogen (secondary N) is 1. The SMILES string of the molecule is O=C(NO)c1ccc(CN(C(=O)CN2CCOCC2)c2cccnc2)cc1. The van der Waals surface area contributed by atoms with Gasteiger partial charge in [0.05, 0.1) is 38.2 Å². The van der Waals surface area contributed by atoms with Crippen LogP contribution in [0.25, 0.3) is 0 Å². The van der Waals surface area contributed by atoms with Crippen molar-refractivity contribution in [2.75, 3.05) is 37.7 Å². The number of rotatable bonds is 6. The molecule has 8 heteroatoms. The highest BCUT2D eigenvalue weighted by atomic mass is 16.5. The van der Waals surface area contributed by atoms with Gasteiger partial charge >= 0.3 is 0 Å². The van der Waals surface area contributed by atoms with Crippen molar-refractivity contribution in [2.24, 2.45) is 0 Å². The van der Waals surface area contributed by atoms with Gasteiger partial charge in [0, 0.05) is 24.8 Å². The number of amides is 2. The third-order valence-corrected chi connectivity index (χ3v) is 4.38. The first kappa shape index (κ1) is 19.0. The van der Waals surface area contributed by atoms with Gasteiger partial charge in [0.2, 0.25) is 5.91 Å². The molecule has 2 N–H and O–H groups in total. The minimum Gasteiger partial charge on any atom is -0.379 e. The number of hydrogen-bond donors (Lipinski definition) is 2. The molecular formula is C19H22N4O4. The fraction of sp³-hybridized carbons (Fsp3) is 0.316. The van der Waals surface area contributed by atoms with E-state index in [0.717, 1.165) is 18.7 Å². The summed E-state index contributed by atoms with van der Waals surface area (Å²) < 4.78 is 5.33. The monoisotopic (exact) mass is 370 g/mol. The first-order chi connectivity index (χ1) is 13.2. The molecule has 0 atom stereocenters. The van der Waals surface area contributed by atoms with Crippen LogP contribution >= 0.6 is 0 Å². The van der Waals surface area contributed by atoms with Crippen molar-refractivity contribution in [3.05, 3.63) is 59.9 Å². The molecule has 0 saturated carbocycles. The second-order valence-corrected chi connectivity index (χ2v) is 6.22. The third kappa shape index (κ3) is 5.10. The summed E-state index contributed by atoms with van der Waals surface area (Å²) in [6.45, 7) is 3.40. The molecule has 2 amide bonds. The molecule has 3 rings (SSSR count). The number of carbonyl (C=O) groups is 2. The highest BCUT2D eigenvalue weighted by Crippen LogP contribution is 2.17. The average Bonchev–Trinajstić information content (AvgIpc) is 2.73. The Morgan fingerprint density at radius 3 is 2.56 bits per heavy atom. The summed E-state index contributed by atoms with van der Waals surface area (Å²) in [6, 6.07) is 10.4. The van der Waals surface area contributed by atoms with Crippen molar-refractivity contribution in [2.45, 2.75) is 6.54 Å². The molecule has 1 aliphatic heterocycles. The lowest BCUT2D eigenvalue weighted by Gasteiger charge is -2.29. The minimum atomic E-state index is -0.575. The average molecular weight is 370 g/mol. The summed E-state index contributed by atoms with van der Waals surface area (Å²) in [4.78, 5) is 32.3. The lowest BCUT2D eigenvalue weighted by molar-refractivity contribution is -0.120. The van der Waals surface area contributed by atoms with Gasteiger partial charge in [-0.05, 0) is 29.8 Å². The molecule has 0 radical (unpaired) electrons. The molecule has 1 aromatic heterocycles. The predicted octanol–water partition coefficient (Wildman–Crippen LogP) is 1.07. The van der Waals surface area contributed by atoms with E-state index in [-0.39, 0.29) is 5.91 Å². The van der Waals surface area contributed by atoms with Gasteiger partial charge in [-0.15, -0.1) is 0 Å². The van der Waals surface area contributed by atoms with Gasteiger partial charge < -0.3 is 9.64 Å². The lowest BCUT2D eigenvalue weighted by atomic mass is 10.1. The largest absolute Gasteiger partial charge is 0.379 e. The Morgan fingerprint density at radius 1 is 1.19 bits per heavy atom. The van der Waals surface area contributed by atoms with Gasteiger partial charge in [-0.25, -0.2) is 5.48 Å². The molecule has 27 heavy (non-hydrogen) atoms. The van der Waals surface area contributed by atoms with E-state index in [0.29, 0.717) is 37.6 Å². The van der Waals surface area contributed by atoms with E-state index in [2.05, 4.69) is 9.88 Å². The van der Waals surface area contributed by atoms with Crippen LogP contribution in [-0.4, -0.2) is 59.8 Å². The van der Waals surface area contributed by atoms with E-state index in [9.17, 15) is 9.59 Å². The number of nitrogens with zero attached hydrogens (tertiary/aromatic N) is 3. The number of pyridine rings is 1. The van der Waals surface area contributed by atoms with E-state index in [1.807, 2.05) is 6.07 Å². The second-order valence-electron chi connectivity index (χ2n) is 6.22. The van der Waals surface area contributed by atoms with Crippen molar-refractivity contribution < 1.29 is 19.5 Å². The van der Waals surface area contributed by atoms with Crippen LogP contribution in [0.1, 0.15) is 15.9 Å². The number of morpholine rings is 1.